The van der Waals surface area contributed by atoms with Gasteiger partial charge in [0.15, 0.2) is 0 Å². The second-order valence-corrected chi connectivity index (χ2v) is 2.53. The molecule has 62 valence electrons. The fourth-order valence-corrected chi connectivity index (χ4v) is 0.961. The highest BCUT2D eigenvalue weighted by atomic mass is 16.5. The lowest BCUT2D eigenvalue weighted by Gasteiger charge is -1.94. The van der Waals surface area contributed by atoms with Crippen molar-refractivity contribution in [3.63, 3.8) is 0 Å². The Bertz CT molecular complexity index is 172. The number of hydrogen-bond donors (Lipinski definition) is 1. The number of aliphatic hydroxyl groups excluding tert-OH is 1. The summed E-state index contributed by atoms with van der Waals surface area (Å²) in [4.78, 5) is 0. The van der Waals surface area contributed by atoms with Crippen LogP contribution in [0.2, 0.25) is 0 Å². The van der Waals surface area contributed by atoms with E-state index < -0.39 is 0 Å². The summed E-state index contributed by atoms with van der Waals surface area (Å²) in [7, 11) is 0. The first-order valence-electron chi connectivity index (χ1n) is 3.93. The molecule has 0 saturated heterocycles. The molecule has 0 spiro atoms. The number of hydrogen-bond acceptors (Lipinski definition) is 3. The third kappa shape index (κ3) is 3.18. The predicted octanol–water partition coefficient (Wildman–Crippen LogP) is 1.38. The van der Waals surface area contributed by atoms with Crippen molar-refractivity contribution in [2.45, 2.75) is 25.7 Å². The zero-order valence-corrected chi connectivity index (χ0v) is 6.49. The van der Waals surface area contributed by atoms with Crippen molar-refractivity contribution in [1.82, 2.24) is 5.16 Å². The average molecular weight is 155 g/mol. The number of aryl methyl sites for hydroxylation is 1. The Balaban J connectivity index is 2.04. The maximum absolute atomic E-state index is 8.49. The first-order chi connectivity index (χ1) is 5.43. The molecular formula is C8H13NO2. The number of aliphatic hydroxyl groups is 1. The van der Waals surface area contributed by atoms with Crippen molar-refractivity contribution in [2.75, 3.05) is 6.61 Å². The summed E-state index contributed by atoms with van der Waals surface area (Å²) >= 11 is 0. The molecule has 0 aliphatic carbocycles. The van der Waals surface area contributed by atoms with E-state index in [0.717, 1.165) is 31.4 Å². The van der Waals surface area contributed by atoms with Gasteiger partial charge in [0.2, 0.25) is 0 Å². The molecule has 1 N–H and O–H groups in total. The molecule has 0 unspecified atom stereocenters. The summed E-state index contributed by atoms with van der Waals surface area (Å²) in [5.41, 5.74) is 1.00. The van der Waals surface area contributed by atoms with Gasteiger partial charge in [0.05, 0.1) is 5.69 Å². The largest absolute Gasteiger partial charge is 0.396 e. The molecule has 0 radical (unpaired) electrons. The molecule has 0 atom stereocenters. The highest BCUT2D eigenvalue weighted by Gasteiger charge is 1.94. The van der Waals surface area contributed by atoms with Crippen LogP contribution in [0.25, 0.3) is 0 Å². The molecule has 0 bridgehead atoms. The maximum atomic E-state index is 8.49. The number of nitrogens with zero attached hydrogens (tertiary/aromatic N) is 1. The van der Waals surface area contributed by atoms with Crippen LogP contribution in [0.4, 0.5) is 0 Å². The van der Waals surface area contributed by atoms with Crippen LogP contribution in [0.1, 0.15) is 25.0 Å². The van der Waals surface area contributed by atoms with Crippen LogP contribution >= 0.6 is 0 Å². The highest BCUT2D eigenvalue weighted by molar-refractivity contribution is 4.94. The molecule has 0 aromatic carbocycles. The third-order valence-corrected chi connectivity index (χ3v) is 1.58. The zero-order chi connectivity index (χ0) is 7.94. The first kappa shape index (κ1) is 8.27. The van der Waals surface area contributed by atoms with Gasteiger partial charge >= 0.3 is 0 Å². The van der Waals surface area contributed by atoms with Gasteiger partial charge in [0, 0.05) is 12.7 Å². The fraction of sp³-hybridized carbons (Fsp3) is 0.625. The van der Waals surface area contributed by atoms with Gasteiger partial charge in [-0.25, -0.2) is 0 Å². The van der Waals surface area contributed by atoms with E-state index in [9.17, 15) is 0 Å². The number of aromatic nitrogens is 1. The summed E-state index contributed by atoms with van der Waals surface area (Å²) in [5, 5.41) is 12.3. The van der Waals surface area contributed by atoms with Crippen molar-refractivity contribution in [3.05, 3.63) is 18.0 Å². The van der Waals surface area contributed by atoms with Gasteiger partial charge in [-0.2, -0.15) is 0 Å². The molecule has 0 aliphatic rings. The molecule has 1 heterocycles. The molecule has 0 saturated carbocycles. The molecule has 0 aliphatic heterocycles. The molecule has 0 amide bonds. The van der Waals surface area contributed by atoms with Crippen molar-refractivity contribution in [1.29, 1.82) is 0 Å². The van der Waals surface area contributed by atoms with E-state index in [1.165, 1.54) is 0 Å². The lowest BCUT2D eigenvalue weighted by Crippen LogP contribution is -1.87. The minimum absolute atomic E-state index is 0.290. The maximum Gasteiger partial charge on any atom is 0.124 e. The molecule has 3 nitrogen and oxygen atoms in total. The van der Waals surface area contributed by atoms with Crippen LogP contribution in [0.3, 0.4) is 0 Å². The van der Waals surface area contributed by atoms with Crippen LogP contribution < -0.4 is 0 Å². The SMILES string of the molecule is OCCCCCc1ccon1. The fourth-order valence-electron chi connectivity index (χ4n) is 0.961. The molecule has 1 rings (SSSR count). The Morgan fingerprint density at radius 2 is 2.27 bits per heavy atom. The van der Waals surface area contributed by atoms with Gasteiger partial charge in [-0.1, -0.05) is 11.6 Å². The predicted molar refractivity (Wildman–Crippen MR) is 41.1 cm³/mol. The summed E-state index contributed by atoms with van der Waals surface area (Å²) < 4.78 is 4.67. The van der Waals surface area contributed by atoms with E-state index in [1.54, 1.807) is 6.26 Å². The van der Waals surface area contributed by atoms with Crippen molar-refractivity contribution >= 4 is 0 Å². The quantitative estimate of drug-likeness (QED) is 0.653. The van der Waals surface area contributed by atoms with Gasteiger partial charge < -0.3 is 9.63 Å². The number of rotatable bonds is 5. The Morgan fingerprint density at radius 3 is 2.91 bits per heavy atom. The summed E-state index contributed by atoms with van der Waals surface area (Å²) in [6.07, 6.45) is 5.56. The second kappa shape index (κ2) is 4.91. The Morgan fingerprint density at radius 1 is 1.36 bits per heavy atom. The topological polar surface area (TPSA) is 46.3 Å². The average Bonchev–Trinajstić information content (AvgIpc) is 2.50. The minimum Gasteiger partial charge on any atom is -0.396 e. The third-order valence-electron chi connectivity index (χ3n) is 1.58. The Labute approximate surface area is 66.0 Å². The van der Waals surface area contributed by atoms with Crippen LogP contribution in [-0.4, -0.2) is 16.9 Å². The first-order valence-corrected chi connectivity index (χ1v) is 3.93. The lowest BCUT2D eigenvalue weighted by atomic mass is 10.1. The second-order valence-electron chi connectivity index (χ2n) is 2.53. The summed E-state index contributed by atoms with van der Waals surface area (Å²) in [6.45, 7) is 0.290. The van der Waals surface area contributed by atoms with Crippen LogP contribution in [0, 0.1) is 0 Å². The normalized spacial score (nSPS) is 10.3. The zero-order valence-electron chi connectivity index (χ0n) is 6.49. The Hall–Kier alpha value is -0.830. The lowest BCUT2D eigenvalue weighted by molar-refractivity contribution is 0.283. The Kier molecular flexibility index (Phi) is 3.69. The van der Waals surface area contributed by atoms with Crippen LogP contribution in [0.15, 0.2) is 16.9 Å². The van der Waals surface area contributed by atoms with Crippen molar-refractivity contribution < 1.29 is 9.63 Å². The molecule has 11 heavy (non-hydrogen) atoms. The standard InChI is InChI=1S/C8H13NO2/c10-6-3-1-2-4-8-5-7-11-9-8/h5,7,10H,1-4,6H2. The smallest absolute Gasteiger partial charge is 0.124 e. The van der Waals surface area contributed by atoms with Gasteiger partial charge in [0.25, 0.3) is 0 Å². The molecule has 3 heteroatoms. The van der Waals surface area contributed by atoms with Gasteiger partial charge in [0.1, 0.15) is 6.26 Å². The summed E-state index contributed by atoms with van der Waals surface area (Å²) in [6, 6.07) is 1.87. The molecule has 1 aromatic rings. The number of unbranched alkanes of at least 4 members (excludes halogenated alkanes) is 2. The van der Waals surface area contributed by atoms with Gasteiger partial charge in [-0.05, 0) is 19.3 Å². The molecular weight excluding hydrogens is 142 g/mol. The van der Waals surface area contributed by atoms with Crippen LogP contribution in [0.5, 0.6) is 0 Å². The van der Waals surface area contributed by atoms with E-state index in [4.69, 9.17) is 5.11 Å². The summed E-state index contributed by atoms with van der Waals surface area (Å²) in [5.74, 6) is 0. The van der Waals surface area contributed by atoms with Crippen molar-refractivity contribution in [3.8, 4) is 0 Å². The van der Waals surface area contributed by atoms with E-state index in [-0.39, 0.29) is 0 Å². The van der Waals surface area contributed by atoms with Crippen LogP contribution in [-0.2, 0) is 6.42 Å². The monoisotopic (exact) mass is 155 g/mol. The molecule has 1 aromatic heterocycles. The van der Waals surface area contributed by atoms with Gasteiger partial charge in [-0.3, -0.25) is 0 Å². The minimum atomic E-state index is 0.290. The molecule has 0 fully saturated rings. The van der Waals surface area contributed by atoms with Crippen molar-refractivity contribution in [2.24, 2.45) is 0 Å². The van der Waals surface area contributed by atoms with E-state index in [0.29, 0.717) is 6.61 Å². The van der Waals surface area contributed by atoms with E-state index in [2.05, 4.69) is 9.68 Å². The van der Waals surface area contributed by atoms with Gasteiger partial charge in [-0.15, -0.1) is 0 Å². The van der Waals surface area contributed by atoms with E-state index >= 15 is 0 Å². The highest BCUT2D eigenvalue weighted by Crippen LogP contribution is 2.03. The van der Waals surface area contributed by atoms with E-state index in [1.807, 2.05) is 6.07 Å².